The molecule has 0 heterocycles. The van der Waals surface area contributed by atoms with Crippen LogP contribution in [0.2, 0.25) is 0 Å². The van der Waals surface area contributed by atoms with Crippen molar-refractivity contribution in [1.82, 2.24) is 0 Å². The molecule has 0 saturated carbocycles. The third-order valence-electron chi connectivity index (χ3n) is 8.38. The summed E-state index contributed by atoms with van der Waals surface area (Å²) in [6, 6.07) is 18.3. The van der Waals surface area contributed by atoms with Gasteiger partial charge in [0.2, 0.25) is 0 Å². The highest BCUT2D eigenvalue weighted by atomic mass is 14.3. The maximum absolute atomic E-state index is 3.94. The lowest BCUT2D eigenvalue weighted by molar-refractivity contribution is 0.551. The SMILES string of the molecule is C=C/C=C1/C=C(c2ccc(-c3c4c(c(-c5cccc(C)c5)c(=C/C)/c3=C\C)CCC=C4)cc2)CCC1CC.CC.CC. The molecule has 1 atom stereocenters. The van der Waals surface area contributed by atoms with E-state index in [4.69, 9.17) is 0 Å². The Morgan fingerprint density at radius 1 is 0.833 bits per heavy atom. The molecule has 0 fully saturated rings. The second kappa shape index (κ2) is 16.1. The molecule has 0 nitrogen and oxygen atoms in total. The number of benzene rings is 3. The van der Waals surface area contributed by atoms with E-state index in [0.29, 0.717) is 5.92 Å². The third kappa shape index (κ3) is 6.87. The lowest BCUT2D eigenvalue weighted by Gasteiger charge is -2.24. The first-order valence-electron chi connectivity index (χ1n) is 16.3. The summed E-state index contributed by atoms with van der Waals surface area (Å²) >= 11 is 0. The molecule has 42 heavy (non-hydrogen) atoms. The topological polar surface area (TPSA) is 0 Å². The molecule has 3 aromatic carbocycles. The Labute approximate surface area is 256 Å². The van der Waals surface area contributed by atoms with E-state index < -0.39 is 0 Å². The van der Waals surface area contributed by atoms with Gasteiger partial charge in [-0.1, -0.05) is 138 Å². The zero-order chi connectivity index (χ0) is 30.6. The van der Waals surface area contributed by atoms with Crippen LogP contribution in [0.3, 0.4) is 0 Å². The summed E-state index contributed by atoms with van der Waals surface area (Å²) in [5.74, 6) is 0.646. The van der Waals surface area contributed by atoms with Crippen LogP contribution in [0.15, 0.2) is 85.0 Å². The minimum absolute atomic E-state index is 0.646. The maximum Gasteiger partial charge on any atom is -0.00332 e. The zero-order valence-electron chi connectivity index (χ0n) is 27.5. The first kappa shape index (κ1) is 32.9. The molecule has 2 aliphatic carbocycles. The van der Waals surface area contributed by atoms with Gasteiger partial charge in [-0.05, 0) is 119 Å². The highest BCUT2D eigenvalue weighted by Gasteiger charge is 2.21. The molecule has 0 radical (unpaired) electrons. The van der Waals surface area contributed by atoms with Crippen molar-refractivity contribution in [2.24, 2.45) is 5.92 Å². The zero-order valence-corrected chi connectivity index (χ0v) is 27.5. The Bertz CT molecular complexity index is 1570. The molecular formula is C42H52. The summed E-state index contributed by atoms with van der Waals surface area (Å²) in [5.41, 5.74) is 13.8. The van der Waals surface area contributed by atoms with Crippen LogP contribution in [0.25, 0.3) is 46.1 Å². The maximum atomic E-state index is 3.94. The third-order valence-corrected chi connectivity index (χ3v) is 8.38. The molecule has 1 unspecified atom stereocenters. The van der Waals surface area contributed by atoms with Gasteiger partial charge in [0.05, 0.1) is 0 Å². The normalized spacial score (nSPS) is 17.5. The van der Waals surface area contributed by atoms with E-state index in [1.54, 1.807) is 0 Å². The van der Waals surface area contributed by atoms with Gasteiger partial charge < -0.3 is 0 Å². The molecule has 0 heteroatoms. The Hall–Kier alpha value is -3.64. The Morgan fingerprint density at radius 2 is 1.50 bits per heavy atom. The molecule has 0 N–H and O–H groups in total. The first-order valence-corrected chi connectivity index (χ1v) is 16.3. The molecule has 0 spiro atoms. The summed E-state index contributed by atoms with van der Waals surface area (Å²) < 4.78 is 0. The monoisotopic (exact) mass is 556 g/mol. The quantitative estimate of drug-likeness (QED) is 0.293. The lowest BCUT2D eigenvalue weighted by Crippen LogP contribution is -2.32. The summed E-state index contributed by atoms with van der Waals surface area (Å²) in [6.07, 6.45) is 21.6. The van der Waals surface area contributed by atoms with Gasteiger partial charge in [-0.25, -0.2) is 0 Å². The van der Waals surface area contributed by atoms with E-state index in [2.05, 4.69) is 119 Å². The van der Waals surface area contributed by atoms with Gasteiger partial charge in [0.25, 0.3) is 0 Å². The highest BCUT2D eigenvalue weighted by Crippen LogP contribution is 2.37. The minimum atomic E-state index is 0.646. The van der Waals surface area contributed by atoms with Gasteiger partial charge in [-0.2, -0.15) is 0 Å². The van der Waals surface area contributed by atoms with Gasteiger partial charge in [0.15, 0.2) is 0 Å². The Kier molecular flexibility index (Phi) is 12.6. The van der Waals surface area contributed by atoms with Crippen LogP contribution >= 0.6 is 0 Å². The average molecular weight is 557 g/mol. The van der Waals surface area contributed by atoms with Crippen LogP contribution in [0, 0.1) is 12.8 Å². The number of allylic oxidation sites excluding steroid dienone is 6. The van der Waals surface area contributed by atoms with Crippen molar-refractivity contribution in [3.8, 4) is 22.3 Å². The van der Waals surface area contributed by atoms with Crippen molar-refractivity contribution in [2.45, 2.75) is 87.5 Å². The molecule has 0 aromatic heterocycles. The van der Waals surface area contributed by atoms with Gasteiger partial charge >= 0.3 is 0 Å². The highest BCUT2D eigenvalue weighted by molar-refractivity contribution is 5.86. The largest absolute Gasteiger partial charge is 0.0991 e. The van der Waals surface area contributed by atoms with Crippen LogP contribution < -0.4 is 10.4 Å². The molecule has 220 valence electrons. The summed E-state index contributed by atoms with van der Waals surface area (Å²) in [5, 5.41) is 2.69. The molecule has 5 rings (SSSR count). The van der Waals surface area contributed by atoms with Crippen LogP contribution in [0.5, 0.6) is 0 Å². The summed E-state index contributed by atoms with van der Waals surface area (Å²) in [4.78, 5) is 0. The smallest absolute Gasteiger partial charge is 0.00332 e. The fourth-order valence-electron chi connectivity index (χ4n) is 6.50. The fraction of sp³-hybridized carbons (Fsp3) is 0.333. The predicted octanol–water partition coefficient (Wildman–Crippen LogP) is 11.3. The standard InChI is InChI=1S/C38H40.2C2H6/c1-6-13-30-25-31(23-18-27(30)7-2)28-19-21-29(22-20-28)37-33(8-3)34(9-4)38(32-15-12-14-26(5)24-32)36-17-11-10-16-35(36)37;2*1-2/h6,8-10,12-16,19-22,24-25,27H,1,7,11,17-18,23H2,2-5H3;2*1-2H3/b30-13-,33-8+,34-9+;;. The first-order chi connectivity index (χ1) is 20.6. The van der Waals surface area contributed by atoms with Gasteiger partial charge in [-0.3, -0.25) is 0 Å². The van der Waals surface area contributed by atoms with Crippen molar-refractivity contribution in [3.63, 3.8) is 0 Å². The van der Waals surface area contributed by atoms with E-state index in [-0.39, 0.29) is 0 Å². The van der Waals surface area contributed by atoms with E-state index in [0.717, 1.165) is 19.3 Å². The number of fused-ring (bicyclic) bond motifs is 1. The summed E-state index contributed by atoms with van der Waals surface area (Å²) in [7, 11) is 0. The molecule has 0 aliphatic heterocycles. The van der Waals surface area contributed by atoms with Gasteiger partial charge in [0, 0.05) is 0 Å². The predicted molar refractivity (Wildman–Crippen MR) is 191 cm³/mol. The molecule has 0 bridgehead atoms. The second-order valence-corrected chi connectivity index (χ2v) is 10.7. The lowest BCUT2D eigenvalue weighted by atomic mass is 9.80. The van der Waals surface area contributed by atoms with Crippen molar-refractivity contribution in [1.29, 1.82) is 0 Å². The van der Waals surface area contributed by atoms with Gasteiger partial charge in [0.1, 0.15) is 0 Å². The molecular weight excluding hydrogens is 504 g/mol. The molecule has 2 aliphatic rings. The van der Waals surface area contributed by atoms with Crippen molar-refractivity contribution < 1.29 is 0 Å². The van der Waals surface area contributed by atoms with E-state index >= 15 is 0 Å². The van der Waals surface area contributed by atoms with Crippen LogP contribution in [0.4, 0.5) is 0 Å². The van der Waals surface area contributed by atoms with Gasteiger partial charge in [-0.15, -0.1) is 0 Å². The molecule has 0 saturated heterocycles. The Morgan fingerprint density at radius 3 is 2.12 bits per heavy atom. The van der Waals surface area contributed by atoms with E-state index in [1.807, 2.05) is 33.8 Å². The van der Waals surface area contributed by atoms with Crippen molar-refractivity contribution in [3.05, 3.63) is 118 Å². The van der Waals surface area contributed by atoms with Crippen molar-refractivity contribution >= 4 is 23.8 Å². The number of hydrogen-bond acceptors (Lipinski definition) is 0. The van der Waals surface area contributed by atoms with Crippen LogP contribution in [-0.2, 0) is 6.42 Å². The fourth-order valence-corrected chi connectivity index (χ4v) is 6.50. The van der Waals surface area contributed by atoms with E-state index in [9.17, 15) is 0 Å². The number of hydrogen-bond donors (Lipinski definition) is 0. The van der Waals surface area contributed by atoms with E-state index in [1.165, 1.54) is 78.9 Å². The number of aryl methyl sites for hydroxylation is 1. The average Bonchev–Trinajstić information content (AvgIpc) is 3.05. The van der Waals surface area contributed by atoms with Crippen LogP contribution in [0.1, 0.15) is 96.4 Å². The summed E-state index contributed by atoms with van der Waals surface area (Å²) in [6.45, 7) is 20.8. The Balaban J connectivity index is 0.00000116. The second-order valence-electron chi connectivity index (χ2n) is 10.7. The van der Waals surface area contributed by atoms with Crippen molar-refractivity contribution in [2.75, 3.05) is 0 Å². The molecule has 3 aromatic rings. The number of rotatable bonds is 5. The molecule has 0 amide bonds. The minimum Gasteiger partial charge on any atom is -0.0991 e. The van der Waals surface area contributed by atoms with Crippen LogP contribution in [-0.4, -0.2) is 0 Å².